The lowest BCUT2D eigenvalue weighted by Gasteiger charge is -2.04. The minimum atomic E-state index is -0.0426. The third kappa shape index (κ3) is 3.83. The van der Waals surface area contributed by atoms with Crippen LogP contribution in [0.25, 0.3) is 0 Å². The Morgan fingerprint density at radius 2 is 2.22 bits per heavy atom. The molecule has 94 valence electrons. The second kappa shape index (κ2) is 6.36. The number of benzene rings is 1. The Kier molecular flexibility index (Phi) is 4.80. The predicted molar refractivity (Wildman–Crippen MR) is 79.5 cm³/mol. The van der Waals surface area contributed by atoms with Gasteiger partial charge in [0.25, 0.3) is 5.91 Å². The highest BCUT2D eigenvalue weighted by Crippen LogP contribution is 2.20. The zero-order chi connectivity index (χ0) is 13.0. The number of hydrogen-bond donors (Lipinski definition) is 1. The summed E-state index contributed by atoms with van der Waals surface area (Å²) in [5, 5.41) is 5.44. The second-order valence-electron chi connectivity index (χ2n) is 3.78. The van der Waals surface area contributed by atoms with Gasteiger partial charge in [-0.2, -0.15) is 0 Å². The van der Waals surface area contributed by atoms with Gasteiger partial charge in [-0.05, 0) is 46.1 Å². The van der Waals surface area contributed by atoms with E-state index in [1.54, 1.807) is 0 Å². The van der Waals surface area contributed by atoms with Gasteiger partial charge in [-0.1, -0.05) is 23.7 Å². The molecule has 0 aliphatic heterocycles. The quantitative estimate of drug-likeness (QED) is 0.887. The van der Waals surface area contributed by atoms with Crippen molar-refractivity contribution in [2.75, 3.05) is 6.54 Å². The zero-order valence-electron chi connectivity index (χ0n) is 9.45. The van der Waals surface area contributed by atoms with Crippen molar-refractivity contribution in [3.05, 3.63) is 55.6 Å². The topological polar surface area (TPSA) is 29.1 Å². The molecule has 18 heavy (non-hydrogen) atoms. The molecule has 0 spiro atoms. The largest absolute Gasteiger partial charge is 0.352 e. The van der Waals surface area contributed by atoms with Crippen LogP contribution in [-0.2, 0) is 6.42 Å². The standard InChI is InChI=1S/C13H11BrClNOS/c14-12-7-10(8-18-12)13(17)16-5-4-9-2-1-3-11(15)6-9/h1-3,6-8H,4-5H2,(H,16,17). The molecule has 0 fully saturated rings. The molecule has 5 heteroatoms. The van der Waals surface area contributed by atoms with Crippen LogP contribution in [0.4, 0.5) is 0 Å². The van der Waals surface area contributed by atoms with Gasteiger partial charge in [-0.25, -0.2) is 0 Å². The number of thiophene rings is 1. The SMILES string of the molecule is O=C(NCCc1cccc(Cl)c1)c1csc(Br)c1. The monoisotopic (exact) mass is 343 g/mol. The van der Waals surface area contributed by atoms with Gasteiger partial charge in [-0.15, -0.1) is 11.3 Å². The van der Waals surface area contributed by atoms with Crippen LogP contribution in [0, 0.1) is 0 Å². The minimum Gasteiger partial charge on any atom is -0.352 e. The highest BCUT2D eigenvalue weighted by Gasteiger charge is 2.06. The number of rotatable bonds is 4. The van der Waals surface area contributed by atoms with Gasteiger partial charge in [-0.3, -0.25) is 4.79 Å². The fourth-order valence-electron chi connectivity index (χ4n) is 1.54. The van der Waals surface area contributed by atoms with Gasteiger partial charge in [0.2, 0.25) is 0 Å². The Hall–Kier alpha value is -0.840. The first-order valence-corrected chi connectivity index (χ1v) is 7.47. The van der Waals surface area contributed by atoms with E-state index in [0.29, 0.717) is 12.1 Å². The maximum Gasteiger partial charge on any atom is 0.252 e. The number of halogens is 2. The van der Waals surface area contributed by atoms with E-state index in [-0.39, 0.29) is 5.91 Å². The fraction of sp³-hybridized carbons (Fsp3) is 0.154. The smallest absolute Gasteiger partial charge is 0.252 e. The van der Waals surface area contributed by atoms with Gasteiger partial charge in [0.05, 0.1) is 9.35 Å². The van der Waals surface area contributed by atoms with Gasteiger partial charge in [0.1, 0.15) is 0 Å². The summed E-state index contributed by atoms with van der Waals surface area (Å²) in [6.07, 6.45) is 0.775. The van der Waals surface area contributed by atoms with Crippen LogP contribution in [0.2, 0.25) is 5.02 Å². The summed E-state index contributed by atoms with van der Waals surface area (Å²) in [6.45, 7) is 0.604. The number of hydrogen-bond acceptors (Lipinski definition) is 2. The average Bonchev–Trinajstić information content (AvgIpc) is 2.76. The molecule has 1 aromatic carbocycles. The molecule has 0 atom stereocenters. The van der Waals surface area contributed by atoms with Gasteiger partial charge >= 0.3 is 0 Å². The molecule has 0 aliphatic rings. The molecule has 0 saturated carbocycles. The second-order valence-corrected chi connectivity index (χ2v) is 6.50. The van der Waals surface area contributed by atoms with Crippen molar-refractivity contribution in [2.24, 2.45) is 0 Å². The predicted octanol–water partition coefficient (Wildman–Crippen LogP) is 4.14. The maximum atomic E-state index is 11.8. The first-order chi connectivity index (χ1) is 8.65. The highest BCUT2D eigenvalue weighted by atomic mass is 79.9. The van der Waals surface area contributed by atoms with Gasteiger partial charge < -0.3 is 5.32 Å². The summed E-state index contributed by atoms with van der Waals surface area (Å²) in [6, 6.07) is 9.48. The summed E-state index contributed by atoms with van der Waals surface area (Å²) >= 11 is 10.7. The third-order valence-electron chi connectivity index (χ3n) is 2.42. The summed E-state index contributed by atoms with van der Waals surface area (Å²) in [5.74, 6) is -0.0426. The Morgan fingerprint density at radius 3 is 2.89 bits per heavy atom. The minimum absolute atomic E-state index is 0.0426. The van der Waals surface area contributed by atoms with Crippen LogP contribution < -0.4 is 5.32 Å². The van der Waals surface area contributed by atoms with Crippen molar-refractivity contribution in [1.29, 1.82) is 0 Å². The number of nitrogens with one attached hydrogen (secondary N) is 1. The molecular weight excluding hydrogens is 334 g/mol. The van der Waals surface area contributed by atoms with Crippen molar-refractivity contribution in [3.8, 4) is 0 Å². The lowest BCUT2D eigenvalue weighted by molar-refractivity contribution is 0.0954. The molecule has 1 aromatic heterocycles. The Labute approximate surface area is 123 Å². The normalized spacial score (nSPS) is 10.3. The lowest BCUT2D eigenvalue weighted by atomic mass is 10.1. The van der Waals surface area contributed by atoms with Crippen LogP contribution in [0.15, 0.2) is 39.5 Å². The van der Waals surface area contributed by atoms with E-state index in [2.05, 4.69) is 21.2 Å². The van der Waals surface area contributed by atoms with E-state index in [1.807, 2.05) is 35.7 Å². The third-order valence-corrected chi connectivity index (χ3v) is 4.16. The number of amides is 1. The molecule has 1 N–H and O–H groups in total. The van der Waals surface area contributed by atoms with Gasteiger partial charge in [0, 0.05) is 16.9 Å². The lowest BCUT2D eigenvalue weighted by Crippen LogP contribution is -2.25. The molecule has 1 amide bonds. The van der Waals surface area contributed by atoms with Crippen LogP contribution in [-0.4, -0.2) is 12.5 Å². The molecule has 2 rings (SSSR count). The summed E-state index contributed by atoms with van der Waals surface area (Å²) in [7, 11) is 0. The fourth-order valence-corrected chi connectivity index (χ4v) is 2.89. The van der Waals surface area contributed by atoms with Crippen LogP contribution in [0.5, 0.6) is 0 Å². The molecule has 0 bridgehead atoms. The first-order valence-electron chi connectivity index (χ1n) is 5.42. The molecule has 2 nitrogen and oxygen atoms in total. The Balaban J connectivity index is 1.84. The van der Waals surface area contributed by atoms with Crippen molar-refractivity contribution in [1.82, 2.24) is 5.32 Å². The highest BCUT2D eigenvalue weighted by molar-refractivity contribution is 9.11. The van der Waals surface area contributed by atoms with E-state index in [4.69, 9.17) is 11.6 Å². The van der Waals surface area contributed by atoms with E-state index in [0.717, 1.165) is 20.8 Å². The molecule has 0 aliphatic carbocycles. The Morgan fingerprint density at radius 1 is 1.39 bits per heavy atom. The van der Waals surface area contributed by atoms with Crippen molar-refractivity contribution >= 4 is 44.8 Å². The van der Waals surface area contributed by atoms with Crippen molar-refractivity contribution in [3.63, 3.8) is 0 Å². The van der Waals surface area contributed by atoms with Crippen LogP contribution in [0.3, 0.4) is 0 Å². The molecule has 0 saturated heterocycles. The first kappa shape index (κ1) is 13.6. The zero-order valence-corrected chi connectivity index (χ0v) is 12.6. The Bertz CT molecular complexity index is 555. The van der Waals surface area contributed by atoms with Crippen LogP contribution >= 0.6 is 38.9 Å². The summed E-state index contributed by atoms with van der Waals surface area (Å²) in [5.41, 5.74) is 1.81. The van der Waals surface area contributed by atoms with Gasteiger partial charge in [0.15, 0.2) is 0 Å². The van der Waals surface area contributed by atoms with E-state index >= 15 is 0 Å². The van der Waals surface area contributed by atoms with Crippen molar-refractivity contribution < 1.29 is 4.79 Å². The molecule has 1 heterocycles. The van der Waals surface area contributed by atoms with E-state index in [9.17, 15) is 4.79 Å². The summed E-state index contributed by atoms with van der Waals surface area (Å²) < 4.78 is 0.961. The molecular formula is C13H11BrClNOS. The van der Waals surface area contributed by atoms with E-state index < -0.39 is 0 Å². The molecule has 0 radical (unpaired) electrons. The number of carbonyl (C=O) groups is 1. The van der Waals surface area contributed by atoms with Crippen molar-refractivity contribution in [2.45, 2.75) is 6.42 Å². The van der Waals surface area contributed by atoms with Crippen LogP contribution in [0.1, 0.15) is 15.9 Å². The summed E-state index contributed by atoms with van der Waals surface area (Å²) in [4.78, 5) is 11.8. The maximum absolute atomic E-state index is 11.8. The average molecular weight is 345 g/mol. The van der Waals surface area contributed by atoms with E-state index in [1.165, 1.54) is 11.3 Å². The molecule has 0 unspecified atom stereocenters. The number of carbonyl (C=O) groups excluding carboxylic acids is 1. The molecule has 2 aromatic rings.